The van der Waals surface area contributed by atoms with Gasteiger partial charge in [0.1, 0.15) is 10.6 Å². The van der Waals surface area contributed by atoms with Crippen LogP contribution in [0.3, 0.4) is 0 Å². The molecule has 0 saturated carbocycles. The fraction of sp³-hybridized carbons (Fsp3) is 0.214. The van der Waals surface area contributed by atoms with Crippen LogP contribution in [0.1, 0.15) is 22.2 Å². The largest absolute Gasteiger partial charge is 0.465 e. The van der Waals surface area contributed by atoms with Gasteiger partial charge >= 0.3 is 5.97 Å². The maximum absolute atomic E-state index is 12.0. The van der Waals surface area contributed by atoms with Gasteiger partial charge in [-0.25, -0.2) is 4.79 Å². The number of aryl methyl sites for hydroxylation is 1. The van der Waals surface area contributed by atoms with E-state index in [1.54, 1.807) is 12.1 Å². The predicted molar refractivity (Wildman–Crippen MR) is 84.9 cm³/mol. The van der Waals surface area contributed by atoms with Crippen LogP contribution in [0.25, 0.3) is 11.1 Å². The number of anilines is 1. The van der Waals surface area contributed by atoms with E-state index in [0.29, 0.717) is 20.6 Å². The number of hydrogen-bond acceptors (Lipinski definition) is 4. The summed E-state index contributed by atoms with van der Waals surface area (Å²) < 4.78 is 4.82. The summed E-state index contributed by atoms with van der Waals surface area (Å²) in [4.78, 5) is 13.0. The number of nitrogen functional groups attached to an aromatic ring is 1. The molecule has 0 aliphatic heterocycles. The van der Waals surface area contributed by atoms with E-state index in [0.717, 1.165) is 22.4 Å². The molecule has 0 aliphatic rings. The third-order valence-corrected chi connectivity index (χ3v) is 4.83. The minimum Gasteiger partial charge on any atom is -0.465 e. The summed E-state index contributed by atoms with van der Waals surface area (Å²) in [5.74, 6) is -0.445. The molecule has 2 aromatic rings. The normalized spacial score (nSPS) is 10.6. The van der Waals surface area contributed by atoms with Crippen LogP contribution in [-0.2, 0) is 11.2 Å². The second kappa shape index (κ2) is 6.04. The van der Waals surface area contributed by atoms with Crippen LogP contribution >= 0.6 is 34.5 Å². The molecule has 3 nitrogen and oxygen atoms in total. The Morgan fingerprint density at radius 3 is 2.60 bits per heavy atom. The Morgan fingerprint density at radius 2 is 2.05 bits per heavy atom. The number of halogens is 2. The highest BCUT2D eigenvalue weighted by Crippen LogP contribution is 2.41. The molecule has 2 rings (SSSR count). The van der Waals surface area contributed by atoms with Gasteiger partial charge in [0.2, 0.25) is 0 Å². The van der Waals surface area contributed by atoms with Crippen molar-refractivity contribution in [2.45, 2.75) is 13.3 Å². The Morgan fingerprint density at radius 1 is 1.35 bits per heavy atom. The molecule has 0 amide bonds. The summed E-state index contributed by atoms with van der Waals surface area (Å²) in [6.07, 6.45) is 0.765. The monoisotopic (exact) mass is 329 g/mol. The average molecular weight is 330 g/mol. The smallest absolute Gasteiger partial charge is 0.341 e. The van der Waals surface area contributed by atoms with Crippen molar-refractivity contribution in [3.8, 4) is 11.1 Å². The zero-order valence-corrected chi connectivity index (χ0v) is 13.3. The fourth-order valence-electron chi connectivity index (χ4n) is 2.01. The lowest BCUT2D eigenvalue weighted by Gasteiger charge is -2.07. The second-order valence-corrected chi connectivity index (χ2v) is 6.06. The number of nitrogens with two attached hydrogens (primary N) is 1. The highest BCUT2D eigenvalue weighted by atomic mass is 35.5. The zero-order chi connectivity index (χ0) is 14.9. The molecule has 0 atom stereocenters. The summed E-state index contributed by atoms with van der Waals surface area (Å²) in [5.41, 5.74) is 7.94. The molecule has 0 unspecified atom stereocenters. The molecule has 0 bridgehead atoms. The number of carbonyl (C=O) groups is 1. The van der Waals surface area contributed by atoms with Crippen molar-refractivity contribution < 1.29 is 9.53 Å². The van der Waals surface area contributed by atoms with Crippen molar-refractivity contribution in [2.75, 3.05) is 12.8 Å². The lowest BCUT2D eigenvalue weighted by Crippen LogP contribution is -2.04. The maximum atomic E-state index is 12.0. The standard InChI is InChI=1S/C14H13Cl2NO2S/c1-3-10-11(7-4-5-8(15)9(16)6-7)12(13(17)20-10)14(18)19-2/h4-6H,3,17H2,1-2H3. The molecular weight excluding hydrogens is 317 g/mol. The quantitative estimate of drug-likeness (QED) is 0.833. The first-order valence-corrected chi connectivity index (χ1v) is 7.51. The van der Waals surface area contributed by atoms with Crippen molar-refractivity contribution in [2.24, 2.45) is 0 Å². The van der Waals surface area contributed by atoms with E-state index < -0.39 is 5.97 Å². The van der Waals surface area contributed by atoms with E-state index >= 15 is 0 Å². The predicted octanol–water partition coefficient (Wildman–Crippen LogP) is 4.65. The number of esters is 1. The molecule has 0 aliphatic carbocycles. The summed E-state index contributed by atoms with van der Waals surface area (Å²) in [6.45, 7) is 2.01. The summed E-state index contributed by atoms with van der Waals surface area (Å²) in [6, 6.07) is 5.26. The zero-order valence-electron chi connectivity index (χ0n) is 11.0. The Hall–Kier alpha value is -1.23. The minimum atomic E-state index is -0.445. The molecule has 1 aromatic carbocycles. The molecule has 106 valence electrons. The average Bonchev–Trinajstić information content (AvgIpc) is 2.77. The molecule has 20 heavy (non-hydrogen) atoms. The van der Waals surface area contributed by atoms with Crippen LogP contribution < -0.4 is 5.73 Å². The van der Waals surface area contributed by atoms with Gasteiger partial charge in [-0.05, 0) is 24.1 Å². The van der Waals surface area contributed by atoms with Crippen LogP contribution in [0.15, 0.2) is 18.2 Å². The summed E-state index contributed by atoms with van der Waals surface area (Å²) >= 11 is 13.4. The van der Waals surface area contributed by atoms with Gasteiger partial charge in [0.15, 0.2) is 0 Å². The third-order valence-electron chi connectivity index (χ3n) is 2.93. The van der Waals surface area contributed by atoms with Crippen LogP contribution in [0.2, 0.25) is 10.0 Å². The Bertz CT molecular complexity index is 667. The van der Waals surface area contributed by atoms with Crippen molar-refractivity contribution in [1.29, 1.82) is 0 Å². The molecule has 1 aromatic heterocycles. The van der Waals surface area contributed by atoms with E-state index in [-0.39, 0.29) is 0 Å². The van der Waals surface area contributed by atoms with Gasteiger partial charge in [-0.3, -0.25) is 0 Å². The van der Waals surface area contributed by atoms with E-state index in [1.165, 1.54) is 18.4 Å². The number of carbonyl (C=O) groups excluding carboxylic acids is 1. The molecule has 2 N–H and O–H groups in total. The van der Waals surface area contributed by atoms with E-state index in [4.69, 9.17) is 33.7 Å². The SMILES string of the molecule is CCc1sc(N)c(C(=O)OC)c1-c1ccc(Cl)c(Cl)c1. The van der Waals surface area contributed by atoms with Crippen molar-refractivity contribution in [3.63, 3.8) is 0 Å². The summed E-state index contributed by atoms with van der Waals surface area (Å²) in [5, 5.41) is 1.36. The van der Waals surface area contributed by atoms with Crippen molar-refractivity contribution in [3.05, 3.63) is 38.7 Å². The lowest BCUT2D eigenvalue weighted by molar-refractivity contribution is 0.0603. The number of benzene rings is 1. The topological polar surface area (TPSA) is 52.3 Å². The van der Waals surface area contributed by atoms with Gasteiger partial charge in [0.25, 0.3) is 0 Å². The second-order valence-electron chi connectivity index (χ2n) is 4.11. The number of thiophene rings is 1. The Balaban J connectivity index is 2.70. The summed E-state index contributed by atoms with van der Waals surface area (Å²) in [7, 11) is 1.34. The van der Waals surface area contributed by atoms with Gasteiger partial charge in [0.05, 0.1) is 17.2 Å². The third kappa shape index (κ3) is 2.64. The number of hydrogen-bond donors (Lipinski definition) is 1. The Labute approximate surface area is 131 Å². The molecule has 0 saturated heterocycles. The van der Waals surface area contributed by atoms with E-state index in [2.05, 4.69) is 0 Å². The number of methoxy groups -OCH3 is 1. The molecule has 0 fully saturated rings. The van der Waals surface area contributed by atoms with Crippen LogP contribution in [-0.4, -0.2) is 13.1 Å². The van der Waals surface area contributed by atoms with E-state index in [1.807, 2.05) is 13.0 Å². The molecule has 0 spiro atoms. The minimum absolute atomic E-state index is 0.396. The van der Waals surface area contributed by atoms with Gasteiger partial charge in [-0.2, -0.15) is 0 Å². The first-order chi connectivity index (χ1) is 9.49. The van der Waals surface area contributed by atoms with E-state index in [9.17, 15) is 4.79 Å². The number of rotatable bonds is 3. The Kier molecular flexibility index (Phi) is 4.58. The van der Waals surface area contributed by atoms with Gasteiger partial charge in [-0.15, -0.1) is 11.3 Å². The fourth-order valence-corrected chi connectivity index (χ4v) is 3.33. The van der Waals surface area contributed by atoms with Crippen molar-refractivity contribution >= 4 is 45.5 Å². The van der Waals surface area contributed by atoms with Gasteiger partial charge < -0.3 is 10.5 Å². The van der Waals surface area contributed by atoms with Crippen LogP contribution in [0, 0.1) is 0 Å². The molecule has 6 heteroatoms. The molecular formula is C14H13Cl2NO2S. The highest BCUT2D eigenvalue weighted by molar-refractivity contribution is 7.17. The van der Waals surface area contributed by atoms with Gasteiger partial charge in [0, 0.05) is 10.4 Å². The maximum Gasteiger partial charge on any atom is 0.341 e. The first kappa shape index (κ1) is 15.2. The highest BCUT2D eigenvalue weighted by Gasteiger charge is 2.23. The van der Waals surface area contributed by atoms with Crippen LogP contribution in [0.5, 0.6) is 0 Å². The number of ether oxygens (including phenoxy) is 1. The molecule has 0 radical (unpaired) electrons. The lowest BCUT2D eigenvalue weighted by atomic mass is 10.0. The first-order valence-electron chi connectivity index (χ1n) is 5.94. The molecule has 1 heterocycles. The van der Waals surface area contributed by atoms with Gasteiger partial charge in [-0.1, -0.05) is 36.2 Å². The van der Waals surface area contributed by atoms with Crippen LogP contribution in [0.4, 0.5) is 5.00 Å². The van der Waals surface area contributed by atoms with Crippen molar-refractivity contribution in [1.82, 2.24) is 0 Å².